The fraction of sp³-hybridized carbons (Fsp3) is 0.588. The van der Waals surface area contributed by atoms with Crippen LogP contribution in [0.25, 0.3) is 0 Å². The van der Waals surface area contributed by atoms with Gasteiger partial charge in [0.25, 0.3) is 0 Å². The van der Waals surface area contributed by atoms with Crippen LogP contribution in [0.1, 0.15) is 26.3 Å². The van der Waals surface area contributed by atoms with Crippen molar-refractivity contribution >= 4 is 6.09 Å². The molecule has 0 saturated carbocycles. The van der Waals surface area contributed by atoms with Gasteiger partial charge in [-0.05, 0) is 38.5 Å². The molecule has 0 radical (unpaired) electrons. The Hall–Kier alpha value is -1.73. The molecule has 1 saturated heterocycles. The van der Waals surface area contributed by atoms with Crippen LogP contribution >= 0.6 is 0 Å². The molecule has 0 bridgehead atoms. The smallest absolute Gasteiger partial charge is 0.410 e. The lowest BCUT2D eigenvalue weighted by molar-refractivity contribution is -0.0660. The molecule has 2 atom stereocenters. The highest BCUT2D eigenvalue weighted by atomic mass is 19.1. The minimum absolute atomic E-state index is 0.00199. The van der Waals surface area contributed by atoms with E-state index in [0.29, 0.717) is 12.2 Å². The van der Waals surface area contributed by atoms with Crippen LogP contribution in [0.2, 0.25) is 0 Å². The van der Waals surface area contributed by atoms with E-state index in [1.165, 1.54) is 4.90 Å². The number of carbonyl (C=O) groups is 1. The number of benzene rings is 1. The first-order valence-corrected chi connectivity index (χ1v) is 7.86. The number of morpholine rings is 1. The van der Waals surface area contributed by atoms with Crippen molar-refractivity contribution < 1.29 is 28.2 Å². The van der Waals surface area contributed by atoms with E-state index in [1.54, 1.807) is 20.8 Å². The number of hydrogen-bond donors (Lipinski definition) is 1. The highest BCUT2D eigenvalue weighted by Gasteiger charge is 2.35. The standard InChI is InChI=1S/C17H23F2NO4/c1-17(2,3)24-16(22)20-4-5-23-10-14(20)15(21)8-11-6-12(18)9-13(19)7-11/h6-7,9,14-15,21H,4-5,8,10H2,1-3H3. The van der Waals surface area contributed by atoms with Gasteiger partial charge in [-0.3, -0.25) is 4.90 Å². The molecule has 1 N–H and O–H groups in total. The van der Waals surface area contributed by atoms with Gasteiger partial charge in [0.2, 0.25) is 0 Å². The minimum Gasteiger partial charge on any atom is -0.444 e. The Morgan fingerprint density at radius 3 is 2.58 bits per heavy atom. The summed E-state index contributed by atoms with van der Waals surface area (Å²) in [5, 5.41) is 10.5. The van der Waals surface area contributed by atoms with Gasteiger partial charge in [0.1, 0.15) is 17.2 Å². The lowest BCUT2D eigenvalue weighted by atomic mass is 10.0. The highest BCUT2D eigenvalue weighted by molar-refractivity contribution is 5.68. The van der Waals surface area contributed by atoms with Gasteiger partial charge in [0.15, 0.2) is 0 Å². The molecule has 1 aromatic carbocycles. The maximum absolute atomic E-state index is 13.3. The molecule has 134 valence electrons. The molecule has 5 nitrogen and oxygen atoms in total. The van der Waals surface area contributed by atoms with Crippen LogP contribution in [0.3, 0.4) is 0 Å². The Morgan fingerprint density at radius 1 is 1.38 bits per heavy atom. The first-order chi connectivity index (χ1) is 11.2. The molecule has 1 aliphatic rings. The van der Waals surface area contributed by atoms with Gasteiger partial charge in [-0.25, -0.2) is 13.6 Å². The molecule has 1 aromatic rings. The average Bonchev–Trinajstić information content (AvgIpc) is 2.44. The second-order valence-corrected chi connectivity index (χ2v) is 6.87. The van der Waals surface area contributed by atoms with Crippen molar-refractivity contribution in [2.24, 2.45) is 0 Å². The van der Waals surface area contributed by atoms with Crippen LogP contribution in [-0.4, -0.2) is 53.6 Å². The Labute approximate surface area is 140 Å². The fourth-order valence-electron chi connectivity index (χ4n) is 2.60. The molecule has 2 rings (SSSR count). The molecule has 2 unspecified atom stereocenters. The number of rotatable bonds is 3. The van der Waals surface area contributed by atoms with E-state index < -0.39 is 35.5 Å². The normalized spacial score (nSPS) is 19.9. The summed E-state index contributed by atoms with van der Waals surface area (Å²) in [6, 6.07) is 2.45. The van der Waals surface area contributed by atoms with Crippen molar-refractivity contribution in [1.29, 1.82) is 0 Å². The van der Waals surface area contributed by atoms with Crippen LogP contribution < -0.4 is 0 Å². The number of hydrogen-bond acceptors (Lipinski definition) is 4. The summed E-state index contributed by atoms with van der Waals surface area (Å²) in [6.07, 6.45) is -1.57. The summed E-state index contributed by atoms with van der Waals surface area (Å²) in [5.74, 6) is -1.41. The predicted octanol–water partition coefficient (Wildman–Crippen LogP) is 2.50. The van der Waals surface area contributed by atoms with Crippen molar-refractivity contribution in [2.75, 3.05) is 19.8 Å². The molecular formula is C17H23F2NO4. The summed E-state index contributed by atoms with van der Waals surface area (Å²) in [7, 11) is 0. The monoisotopic (exact) mass is 343 g/mol. The number of ether oxygens (including phenoxy) is 2. The largest absolute Gasteiger partial charge is 0.444 e. The predicted molar refractivity (Wildman–Crippen MR) is 83.6 cm³/mol. The lowest BCUT2D eigenvalue weighted by Gasteiger charge is -2.38. The molecular weight excluding hydrogens is 320 g/mol. The topological polar surface area (TPSA) is 59.0 Å². The molecule has 0 aromatic heterocycles. The number of nitrogens with zero attached hydrogens (tertiary/aromatic N) is 1. The van der Waals surface area contributed by atoms with Gasteiger partial charge in [-0.1, -0.05) is 0 Å². The van der Waals surface area contributed by atoms with Gasteiger partial charge in [-0.15, -0.1) is 0 Å². The second kappa shape index (κ2) is 7.44. The molecule has 1 amide bonds. The van der Waals surface area contributed by atoms with Crippen molar-refractivity contribution in [1.82, 2.24) is 4.90 Å². The maximum atomic E-state index is 13.3. The third-order valence-electron chi connectivity index (χ3n) is 3.60. The average molecular weight is 343 g/mol. The molecule has 0 spiro atoms. The summed E-state index contributed by atoms with van der Waals surface area (Å²) >= 11 is 0. The van der Waals surface area contributed by atoms with E-state index in [-0.39, 0.29) is 19.6 Å². The third kappa shape index (κ3) is 5.14. The van der Waals surface area contributed by atoms with Crippen LogP contribution in [-0.2, 0) is 15.9 Å². The number of halogens is 2. The summed E-state index contributed by atoms with van der Waals surface area (Å²) < 4.78 is 37.2. The third-order valence-corrected chi connectivity index (χ3v) is 3.60. The van der Waals surface area contributed by atoms with Crippen LogP contribution in [0.15, 0.2) is 18.2 Å². The number of amides is 1. The molecule has 0 aliphatic carbocycles. The number of aliphatic hydroxyl groups excluding tert-OH is 1. The van der Waals surface area contributed by atoms with Gasteiger partial charge in [0.05, 0.1) is 25.4 Å². The fourth-order valence-corrected chi connectivity index (χ4v) is 2.60. The molecule has 24 heavy (non-hydrogen) atoms. The maximum Gasteiger partial charge on any atom is 0.410 e. The van der Waals surface area contributed by atoms with E-state index in [0.717, 1.165) is 18.2 Å². The van der Waals surface area contributed by atoms with E-state index in [1.807, 2.05) is 0 Å². The second-order valence-electron chi connectivity index (χ2n) is 6.87. The van der Waals surface area contributed by atoms with Gasteiger partial charge in [0, 0.05) is 19.0 Å². The minimum atomic E-state index is -1.03. The quantitative estimate of drug-likeness (QED) is 0.916. The SMILES string of the molecule is CC(C)(C)OC(=O)N1CCOCC1C(O)Cc1cc(F)cc(F)c1. The lowest BCUT2D eigenvalue weighted by Crippen LogP contribution is -2.55. The van der Waals surface area contributed by atoms with Crippen molar-refractivity contribution in [3.05, 3.63) is 35.4 Å². The van der Waals surface area contributed by atoms with Crippen LogP contribution in [0.4, 0.5) is 13.6 Å². The van der Waals surface area contributed by atoms with Crippen LogP contribution in [0, 0.1) is 11.6 Å². The van der Waals surface area contributed by atoms with Gasteiger partial charge >= 0.3 is 6.09 Å². The first kappa shape index (κ1) is 18.6. The van der Waals surface area contributed by atoms with Crippen molar-refractivity contribution in [3.8, 4) is 0 Å². The van der Waals surface area contributed by atoms with Crippen molar-refractivity contribution in [2.45, 2.75) is 44.9 Å². The highest BCUT2D eigenvalue weighted by Crippen LogP contribution is 2.19. The molecule has 1 aliphatic heterocycles. The van der Waals surface area contributed by atoms with E-state index in [2.05, 4.69) is 0 Å². The Bertz CT molecular complexity index is 568. The number of carbonyl (C=O) groups excluding carboxylic acids is 1. The molecule has 1 heterocycles. The van der Waals surface area contributed by atoms with Gasteiger partial charge < -0.3 is 14.6 Å². The summed E-state index contributed by atoms with van der Waals surface area (Å²) in [4.78, 5) is 13.7. The zero-order valence-corrected chi connectivity index (χ0v) is 14.1. The molecule has 1 fully saturated rings. The Kier molecular flexibility index (Phi) is 5.77. The first-order valence-electron chi connectivity index (χ1n) is 7.86. The molecule has 7 heteroatoms. The van der Waals surface area contributed by atoms with Crippen LogP contribution in [0.5, 0.6) is 0 Å². The zero-order valence-electron chi connectivity index (χ0n) is 14.1. The van der Waals surface area contributed by atoms with E-state index in [9.17, 15) is 18.7 Å². The van der Waals surface area contributed by atoms with Crippen molar-refractivity contribution in [3.63, 3.8) is 0 Å². The van der Waals surface area contributed by atoms with E-state index in [4.69, 9.17) is 9.47 Å². The Morgan fingerprint density at radius 2 is 2.00 bits per heavy atom. The Balaban J connectivity index is 2.09. The summed E-state index contributed by atoms with van der Waals surface area (Å²) in [5.41, 5.74) is -0.342. The summed E-state index contributed by atoms with van der Waals surface area (Å²) in [6.45, 7) is 6.04. The van der Waals surface area contributed by atoms with E-state index >= 15 is 0 Å². The van der Waals surface area contributed by atoms with Gasteiger partial charge in [-0.2, -0.15) is 0 Å². The number of aliphatic hydroxyl groups is 1. The zero-order chi connectivity index (χ0) is 17.9.